The summed E-state index contributed by atoms with van der Waals surface area (Å²) < 4.78 is 21.7. The molecule has 0 radical (unpaired) electrons. The molecule has 0 aromatic carbocycles. The van der Waals surface area contributed by atoms with Gasteiger partial charge in [-0.25, -0.2) is 0 Å². The molecule has 1 N–H and O–H groups in total. The maximum absolute atomic E-state index is 12.7. The molecule has 0 unspecified atom stereocenters. The zero-order chi connectivity index (χ0) is 40.2. The molecule has 0 spiro atoms. The van der Waals surface area contributed by atoms with Crippen LogP contribution in [0, 0.1) is 5.92 Å². The van der Waals surface area contributed by atoms with Crippen molar-refractivity contribution in [1.29, 1.82) is 0 Å². The van der Waals surface area contributed by atoms with Crippen molar-refractivity contribution in [1.82, 2.24) is 9.80 Å². The van der Waals surface area contributed by atoms with Gasteiger partial charge in [-0.05, 0) is 25.7 Å². The Kier molecular flexibility index (Phi) is 33.3. The van der Waals surface area contributed by atoms with Crippen LogP contribution in [0.4, 0.5) is 0 Å². The van der Waals surface area contributed by atoms with Crippen LogP contribution < -0.4 is 0 Å². The number of ether oxygens (including phenoxy) is 4. The molecule has 12 heteroatoms. The van der Waals surface area contributed by atoms with E-state index in [0.29, 0.717) is 97.8 Å². The van der Waals surface area contributed by atoms with Crippen LogP contribution in [0.2, 0.25) is 0 Å². The SMILES string of the molecule is CC(C)C(=O)COCCOCCCC(=O)COCCOCCCC(=O)CN1CCN(C(=O)CCCCCCCCCCCCCCCCCCC(=O)O)CC1. The molecule has 1 rings (SSSR count). The molecule has 12 nitrogen and oxygen atoms in total. The third-order valence-electron chi connectivity index (χ3n) is 10.0. The summed E-state index contributed by atoms with van der Waals surface area (Å²) in [6.45, 7) is 9.52. The normalized spacial score (nSPS) is 13.5. The van der Waals surface area contributed by atoms with Crippen LogP contribution in [-0.4, -0.2) is 130 Å². The number of aliphatic carboxylic acids is 1. The Labute approximate surface area is 333 Å². The van der Waals surface area contributed by atoms with Crippen LogP contribution in [0.5, 0.6) is 0 Å². The smallest absolute Gasteiger partial charge is 0.303 e. The van der Waals surface area contributed by atoms with Crippen molar-refractivity contribution in [2.24, 2.45) is 5.92 Å². The first-order valence-corrected chi connectivity index (χ1v) is 21.8. The highest BCUT2D eigenvalue weighted by Gasteiger charge is 2.22. The second-order valence-corrected chi connectivity index (χ2v) is 15.4. The lowest BCUT2D eigenvalue weighted by molar-refractivity contribution is -0.137. The van der Waals surface area contributed by atoms with Gasteiger partial charge in [0.05, 0.1) is 33.0 Å². The number of hydrogen-bond donors (Lipinski definition) is 1. The van der Waals surface area contributed by atoms with Crippen molar-refractivity contribution in [3.05, 3.63) is 0 Å². The molecular weight excluding hydrogens is 704 g/mol. The van der Waals surface area contributed by atoms with E-state index in [2.05, 4.69) is 4.90 Å². The van der Waals surface area contributed by atoms with Crippen LogP contribution in [0.25, 0.3) is 0 Å². The summed E-state index contributed by atoms with van der Waals surface area (Å²) in [5.41, 5.74) is 0. The average molecular weight is 783 g/mol. The summed E-state index contributed by atoms with van der Waals surface area (Å²) in [6, 6.07) is 0. The van der Waals surface area contributed by atoms with Crippen molar-refractivity contribution in [3.63, 3.8) is 0 Å². The fourth-order valence-corrected chi connectivity index (χ4v) is 6.45. The molecule has 1 fully saturated rings. The fourth-order valence-electron chi connectivity index (χ4n) is 6.45. The second kappa shape index (κ2) is 36.1. The van der Waals surface area contributed by atoms with E-state index in [0.717, 1.165) is 45.2 Å². The van der Waals surface area contributed by atoms with Gasteiger partial charge < -0.3 is 29.0 Å². The lowest BCUT2D eigenvalue weighted by atomic mass is 10.0. The number of hydrogen-bond acceptors (Lipinski definition) is 10. The second-order valence-electron chi connectivity index (χ2n) is 15.4. The summed E-state index contributed by atoms with van der Waals surface area (Å²) in [7, 11) is 0. The Hall–Kier alpha value is -2.25. The minimum absolute atomic E-state index is 0.0148. The van der Waals surface area contributed by atoms with Gasteiger partial charge in [0.15, 0.2) is 11.6 Å². The van der Waals surface area contributed by atoms with Gasteiger partial charge >= 0.3 is 5.97 Å². The Morgan fingerprint density at radius 3 is 1.36 bits per heavy atom. The molecule has 320 valence electrons. The highest BCUT2D eigenvalue weighted by Crippen LogP contribution is 2.15. The Bertz CT molecular complexity index is 1000. The lowest BCUT2D eigenvalue weighted by Gasteiger charge is -2.34. The third kappa shape index (κ3) is 32.5. The minimum atomic E-state index is -0.681. The molecule has 1 saturated heterocycles. The number of unbranched alkanes of at least 4 members (excludes halogenated alkanes) is 15. The molecule has 1 amide bonds. The van der Waals surface area contributed by atoms with E-state index >= 15 is 0 Å². The molecule has 0 aromatic heterocycles. The van der Waals surface area contributed by atoms with Gasteiger partial charge in [-0.3, -0.25) is 28.9 Å². The average Bonchev–Trinajstić information content (AvgIpc) is 3.16. The molecule has 0 bridgehead atoms. The van der Waals surface area contributed by atoms with Gasteiger partial charge in [0.1, 0.15) is 19.0 Å². The predicted molar refractivity (Wildman–Crippen MR) is 215 cm³/mol. The molecule has 1 aliphatic rings. The number of carboxylic acids is 1. The Morgan fingerprint density at radius 2 is 0.891 bits per heavy atom. The van der Waals surface area contributed by atoms with E-state index in [1.54, 1.807) is 0 Å². The summed E-state index contributed by atoms with van der Waals surface area (Å²) in [5.74, 6) is -0.187. The van der Waals surface area contributed by atoms with E-state index in [1.807, 2.05) is 18.7 Å². The van der Waals surface area contributed by atoms with Gasteiger partial charge in [0.2, 0.25) is 5.91 Å². The van der Waals surface area contributed by atoms with Crippen molar-refractivity contribution in [2.75, 3.05) is 85.6 Å². The molecule has 0 aromatic rings. The quantitative estimate of drug-likeness (QED) is 0.0628. The van der Waals surface area contributed by atoms with Gasteiger partial charge in [0.25, 0.3) is 0 Å². The van der Waals surface area contributed by atoms with Crippen LogP contribution in [0.3, 0.4) is 0 Å². The number of ketones is 3. The Balaban J connectivity index is 1.85. The third-order valence-corrected chi connectivity index (χ3v) is 10.0. The molecule has 0 atom stereocenters. The number of rotatable bonds is 40. The van der Waals surface area contributed by atoms with Gasteiger partial charge in [-0.15, -0.1) is 0 Å². The van der Waals surface area contributed by atoms with Gasteiger partial charge in [0, 0.05) is 71.0 Å². The van der Waals surface area contributed by atoms with E-state index in [9.17, 15) is 24.0 Å². The predicted octanol–water partition coefficient (Wildman–Crippen LogP) is 7.23. The zero-order valence-electron chi connectivity index (χ0n) is 34.8. The summed E-state index contributed by atoms with van der Waals surface area (Å²) in [5, 5.41) is 8.66. The Morgan fingerprint density at radius 1 is 0.473 bits per heavy atom. The fraction of sp³-hybridized carbons (Fsp3) is 0.884. The molecule has 0 aliphatic carbocycles. The van der Waals surface area contributed by atoms with Crippen LogP contribution in [-0.2, 0) is 42.9 Å². The monoisotopic (exact) mass is 783 g/mol. The molecule has 55 heavy (non-hydrogen) atoms. The van der Waals surface area contributed by atoms with E-state index in [1.165, 1.54) is 70.6 Å². The number of nitrogens with zero attached hydrogens (tertiary/aromatic N) is 2. The highest BCUT2D eigenvalue weighted by atomic mass is 16.5. The molecule has 1 heterocycles. The molecular formula is C43H78N2O10. The molecule has 1 aliphatic heterocycles. The standard InChI is InChI=1S/C43H78N2O10/c1-38(2)41(48)37-55-34-32-53-30-20-22-40(47)36-54-33-31-52-29-19-21-39(46)35-44-25-27-45(28-26-44)42(49)23-17-15-13-11-9-7-5-3-4-6-8-10-12-14-16-18-24-43(50)51/h38H,3-37H2,1-2H3,(H,50,51). The summed E-state index contributed by atoms with van der Waals surface area (Å²) >= 11 is 0. The number of piperazine rings is 1. The topological polar surface area (TPSA) is 149 Å². The largest absolute Gasteiger partial charge is 0.481 e. The summed E-state index contributed by atoms with van der Waals surface area (Å²) in [4.78, 5) is 63.2. The highest BCUT2D eigenvalue weighted by molar-refractivity contribution is 5.81. The van der Waals surface area contributed by atoms with Crippen molar-refractivity contribution in [2.45, 2.75) is 155 Å². The van der Waals surface area contributed by atoms with E-state index in [4.69, 9.17) is 24.1 Å². The van der Waals surface area contributed by atoms with Gasteiger partial charge in [-0.2, -0.15) is 0 Å². The zero-order valence-corrected chi connectivity index (χ0v) is 34.8. The number of carbonyl (C=O) groups excluding carboxylic acids is 4. The maximum atomic E-state index is 12.7. The number of carboxylic acid groups (broad SMARTS) is 1. The lowest BCUT2D eigenvalue weighted by Crippen LogP contribution is -2.49. The van der Waals surface area contributed by atoms with Crippen LogP contribution in [0.15, 0.2) is 0 Å². The number of amides is 1. The van der Waals surface area contributed by atoms with Crippen LogP contribution in [0.1, 0.15) is 155 Å². The first kappa shape index (κ1) is 50.8. The maximum Gasteiger partial charge on any atom is 0.303 e. The first-order chi connectivity index (χ1) is 26.7. The number of carbonyl (C=O) groups is 5. The van der Waals surface area contributed by atoms with Crippen molar-refractivity contribution >= 4 is 29.2 Å². The molecule has 0 saturated carbocycles. The van der Waals surface area contributed by atoms with Crippen molar-refractivity contribution < 1.29 is 48.0 Å². The van der Waals surface area contributed by atoms with Crippen molar-refractivity contribution in [3.8, 4) is 0 Å². The van der Waals surface area contributed by atoms with E-state index < -0.39 is 5.97 Å². The number of Topliss-reactive ketones (excluding diaryl/α,β-unsaturated/α-hetero) is 3. The van der Waals surface area contributed by atoms with Gasteiger partial charge in [-0.1, -0.05) is 104 Å². The van der Waals surface area contributed by atoms with Crippen LogP contribution >= 0.6 is 0 Å². The minimum Gasteiger partial charge on any atom is -0.481 e. The van der Waals surface area contributed by atoms with E-state index in [-0.39, 0.29) is 42.4 Å². The first-order valence-electron chi connectivity index (χ1n) is 21.8. The summed E-state index contributed by atoms with van der Waals surface area (Å²) in [6.07, 6.45) is 22.3.